The normalized spacial score (nSPS) is 20.5. The topological polar surface area (TPSA) is 45.9 Å². The monoisotopic (exact) mass is 309 g/mol. The molecular formula is C14H23N5OS. The van der Waals surface area contributed by atoms with E-state index in [4.69, 9.17) is 4.74 Å². The van der Waals surface area contributed by atoms with Crippen LogP contribution in [0.25, 0.3) is 4.96 Å². The van der Waals surface area contributed by atoms with Crippen molar-refractivity contribution in [3.05, 3.63) is 11.9 Å². The smallest absolute Gasteiger partial charge is 0.214 e. The lowest BCUT2D eigenvalue weighted by Gasteiger charge is -2.40. The Bertz CT molecular complexity index is 564. The predicted octanol–water partition coefficient (Wildman–Crippen LogP) is 1.65. The molecule has 0 N–H and O–H groups in total. The molecular weight excluding hydrogens is 286 g/mol. The summed E-state index contributed by atoms with van der Waals surface area (Å²) >= 11 is 1.68. The molecule has 1 unspecified atom stereocenters. The predicted molar refractivity (Wildman–Crippen MR) is 85.3 cm³/mol. The minimum absolute atomic E-state index is 0.576. The van der Waals surface area contributed by atoms with Crippen LogP contribution in [0.4, 0.5) is 5.13 Å². The summed E-state index contributed by atoms with van der Waals surface area (Å²) < 4.78 is 7.11. The Kier molecular flexibility index (Phi) is 4.42. The third kappa shape index (κ3) is 3.04. The number of aromatic nitrogens is 3. The lowest BCUT2D eigenvalue weighted by molar-refractivity contribution is 0.109. The summed E-state index contributed by atoms with van der Waals surface area (Å²) in [6.45, 7) is 9.22. The average molecular weight is 309 g/mol. The minimum Gasteiger partial charge on any atom is -0.383 e. The number of imidazole rings is 1. The first kappa shape index (κ1) is 14.7. The van der Waals surface area contributed by atoms with Gasteiger partial charge in [-0.1, -0.05) is 18.3 Å². The van der Waals surface area contributed by atoms with Crippen molar-refractivity contribution < 1.29 is 4.74 Å². The first-order chi connectivity index (χ1) is 10.2. The van der Waals surface area contributed by atoms with Crippen LogP contribution in [0.2, 0.25) is 0 Å². The number of methoxy groups -OCH3 is 1. The molecule has 1 atom stereocenters. The quantitative estimate of drug-likeness (QED) is 0.840. The van der Waals surface area contributed by atoms with Crippen LogP contribution in [0.5, 0.6) is 0 Å². The van der Waals surface area contributed by atoms with Crippen LogP contribution in [0, 0.1) is 6.92 Å². The highest BCUT2D eigenvalue weighted by molar-refractivity contribution is 7.20. The first-order valence-corrected chi connectivity index (χ1v) is 8.33. The van der Waals surface area contributed by atoms with Gasteiger partial charge in [-0.05, 0) is 13.3 Å². The molecule has 1 aliphatic heterocycles. The molecule has 21 heavy (non-hydrogen) atoms. The van der Waals surface area contributed by atoms with Crippen molar-refractivity contribution in [1.29, 1.82) is 0 Å². The van der Waals surface area contributed by atoms with Crippen LogP contribution in [0.1, 0.15) is 19.0 Å². The Hall–Kier alpha value is -1.18. The first-order valence-electron chi connectivity index (χ1n) is 7.52. The molecule has 116 valence electrons. The molecule has 1 aliphatic rings. The summed E-state index contributed by atoms with van der Waals surface area (Å²) in [5.74, 6) is 0. The Morgan fingerprint density at radius 3 is 3.00 bits per heavy atom. The van der Waals surface area contributed by atoms with E-state index < -0.39 is 0 Å². The van der Waals surface area contributed by atoms with Gasteiger partial charge in [0.1, 0.15) is 0 Å². The fraction of sp³-hybridized carbons (Fsp3) is 0.714. The van der Waals surface area contributed by atoms with Crippen molar-refractivity contribution in [3.63, 3.8) is 0 Å². The Labute approximate surface area is 129 Å². The summed E-state index contributed by atoms with van der Waals surface area (Å²) in [6, 6.07) is 0.576. The highest BCUT2D eigenvalue weighted by Crippen LogP contribution is 2.26. The van der Waals surface area contributed by atoms with Crippen molar-refractivity contribution in [3.8, 4) is 0 Å². The molecule has 0 amide bonds. The molecule has 0 bridgehead atoms. The van der Waals surface area contributed by atoms with E-state index in [0.717, 1.165) is 55.0 Å². The molecule has 1 saturated heterocycles. The van der Waals surface area contributed by atoms with Crippen LogP contribution >= 0.6 is 11.3 Å². The zero-order chi connectivity index (χ0) is 14.8. The number of anilines is 1. The van der Waals surface area contributed by atoms with Crippen LogP contribution in [-0.2, 0) is 4.74 Å². The summed E-state index contributed by atoms with van der Waals surface area (Å²) in [7, 11) is 1.77. The second-order valence-electron chi connectivity index (χ2n) is 5.53. The van der Waals surface area contributed by atoms with Gasteiger partial charge in [0.2, 0.25) is 10.1 Å². The van der Waals surface area contributed by atoms with Crippen LogP contribution in [-0.4, -0.2) is 65.4 Å². The van der Waals surface area contributed by atoms with E-state index >= 15 is 0 Å². The Balaban J connectivity index is 1.70. The molecule has 3 heterocycles. The van der Waals surface area contributed by atoms with Gasteiger partial charge in [-0.2, -0.15) is 0 Å². The van der Waals surface area contributed by atoms with Gasteiger partial charge in [-0.3, -0.25) is 4.90 Å². The number of fused-ring (bicyclic) bond motifs is 1. The molecule has 0 spiro atoms. The number of nitrogens with zero attached hydrogens (tertiary/aromatic N) is 5. The summed E-state index contributed by atoms with van der Waals surface area (Å²) in [5, 5.41) is 5.75. The van der Waals surface area contributed by atoms with Crippen LogP contribution in [0.15, 0.2) is 6.20 Å². The number of ether oxygens (including phenoxy) is 1. The van der Waals surface area contributed by atoms with Gasteiger partial charge in [-0.25, -0.2) is 9.50 Å². The van der Waals surface area contributed by atoms with E-state index in [1.54, 1.807) is 18.4 Å². The number of aryl methyl sites for hydroxylation is 1. The molecule has 6 nitrogen and oxygen atoms in total. The number of hydrogen-bond acceptors (Lipinski definition) is 6. The maximum absolute atomic E-state index is 5.21. The fourth-order valence-corrected chi connectivity index (χ4v) is 3.85. The number of hydrogen-bond donors (Lipinski definition) is 0. The van der Waals surface area contributed by atoms with Gasteiger partial charge < -0.3 is 9.64 Å². The molecule has 0 radical (unpaired) electrons. The van der Waals surface area contributed by atoms with E-state index in [9.17, 15) is 0 Å². The largest absolute Gasteiger partial charge is 0.383 e. The maximum Gasteiger partial charge on any atom is 0.214 e. The molecule has 2 aromatic heterocycles. The van der Waals surface area contributed by atoms with Gasteiger partial charge in [0.25, 0.3) is 0 Å². The van der Waals surface area contributed by atoms with Gasteiger partial charge >= 0.3 is 0 Å². The van der Waals surface area contributed by atoms with Crippen LogP contribution < -0.4 is 4.90 Å². The summed E-state index contributed by atoms with van der Waals surface area (Å²) in [6.07, 6.45) is 3.14. The van der Waals surface area contributed by atoms with Crippen molar-refractivity contribution in [2.45, 2.75) is 26.3 Å². The minimum atomic E-state index is 0.576. The highest BCUT2D eigenvalue weighted by atomic mass is 32.1. The second-order valence-corrected chi connectivity index (χ2v) is 6.47. The SMILES string of the molecule is CCC1CN(c2nn3cc(C)nc3s2)CCN1CCOC. The molecule has 0 saturated carbocycles. The number of rotatable bonds is 5. The second kappa shape index (κ2) is 6.29. The maximum atomic E-state index is 5.21. The van der Waals surface area contributed by atoms with E-state index in [1.165, 1.54) is 0 Å². The van der Waals surface area contributed by atoms with Crippen molar-refractivity contribution in [1.82, 2.24) is 19.5 Å². The molecule has 2 aromatic rings. The van der Waals surface area contributed by atoms with E-state index in [1.807, 2.05) is 17.6 Å². The summed E-state index contributed by atoms with van der Waals surface area (Å²) in [4.78, 5) is 10.4. The fourth-order valence-electron chi connectivity index (χ4n) is 2.88. The molecule has 1 fully saturated rings. The zero-order valence-electron chi connectivity index (χ0n) is 12.9. The van der Waals surface area contributed by atoms with E-state index in [0.29, 0.717) is 6.04 Å². The van der Waals surface area contributed by atoms with Crippen molar-refractivity contribution in [2.75, 3.05) is 44.8 Å². The third-order valence-corrected chi connectivity index (χ3v) is 5.07. The van der Waals surface area contributed by atoms with Crippen molar-refractivity contribution in [2.24, 2.45) is 0 Å². The summed E-state index contributed by atoms with van der Waals surface area (Å²) in [5.41, 5.74) is 1.02. The lowest BCUT2D eigenvalue weighted by atomic mass is 10.1. The molecule has 0 aliphatic carbocycles. The van der Waals surface area contributed by atoms with Crippen LogP contribution in [0.3, 0.4) is 0 Å². The Morgan fingerprint density at radius 2 is 2.29 bits per heavy atom. The van der Waals surface area contributed by atoms with E-state index in [-0.39, 0.29) is 0 Å². The zero-order valence-corrected chi connectivity index (χ0v) is 13.8. The molecule has 3 rings (SSSR count). The van der Waals surface area contributed by atoms with Gasteiger partial charge in [0.05, 0.1) is 18.5 Å². The standard InChI is InChI=1S/C14H23N5OS/c1-4-12-10-18(6-5-17(12)7-8-20-3)14-16-19-9-11(2)15-13(19)21-14/h9,12H,4-8,10H2,1-3H3. The third-order valence-electron chi connectivity index (χ3n) is 4.08. The van der Waals surface area contributed by atoms with Gasteiger partial charge in [-0.15, -0.1) is 5.10 Å². The number of piperazine rings is 1. The molecule has 7 heteroatoms. The lowest BCUT2D eigenvalue weighted by Crippen LogP contribution is -2.53. The van der Waals surface area contributed by atoms with E-state index in [2.05, 4.69) is 26.8 Å². The highest BCUT2D eigenvalue weighted by Gasteiger charge is 2.27. The average Bonchev–Trinajstić information content (AvgIpc) is 3.02. The van der Waals surface area contributed by atoms with Crippen molar-refractivity contribution >= 4 is 21.4 Å². The Morgan fingerprint density at radius 1 is 1.43 bits per heavy atom. The van der Waals surface area contributed by atoms with Gasteiger partial charge in [0, 0.05) is 39.3 Å². The molecule has 0 aromatic carbocycles. The van der Waals surface area contributed by atoms with Gasteiger partial charge in [0.15, 0.2) is 0 Å².